The van der Waals surface area contributed by atoms with Crippen molar-refractivity contribution < 1.29 is 33.3 Å². The number of carboxylic acids is 1. The van der Waals surface area contributed by atoms with Gasteiger partial charge in [0, 0.05) is 23.7 Å². The highest BCUT2D eigenvalue weighted by Gasteiger charge is 2.26. The van der Waals surface area contributed by atoms with Crippen molar-refractivity contribution in [2.75, 3.05) is 13.7 Å². The van der Waals surface area contributed by atoms with Gasteiger partial charge in [0.25, 0.3) is 0 Å². The molecule has 0 aliphatic heterocycles. The minimum Gasteiger partial charge on any atom is -0.507 e. The minimum atomic E-state index is -4.11. The van der Waals surface area contributed by atoms with Gasteiger partial charge in [-0.05, 0) is 54.8 Å². The fourth-order valence-corrected chi connectivity index (χ4v) is 5.22. The summed E-state index contributed by atoms with van der Waals surface area (Å²) in [5, 5.41) is 33.2. The molecule has 0 aliphatic rings. The van der Waals surface area contributed by atoms with E-state index in [4.69, 9.17) is 16.3 Å². The number of nitrogens with one attached hydrogen (secondary N) is 1. The molecule has 3 aromatic carbocycles. The number of phenols is 1. The summed E-state index contributed by atoms with van der Waals surface area (Å²) in [6.45, 7) is 2.27. The van der Waals surface area contributed by atoms with Crippen molar-refractivity contribution in [3.8, 4) is 11.5 Å². The predicted molar refractivity (Wildman–Crippen MR) is 131 cm³/mol. The van der Waals surface area contributed by atoms with E-state index in [1.807, 2.05) is 6.92 Å². The summed E-state index contributed by atoms with van der Waals surface area (Å²) < 4.78 is 31.4. The van der Waals surface area contributed by atoms with Gasteiger partial charge in [-0.2, -0.15) is 0 Å². The van der Waals surface area contributed by atoms with E-state index in [1.165, 1.54) is 19.2 Å². The summed E-state index contributed by atoms with van der Waals surface area (Å²) in [6, 6.07) is 15.1. The van der Waals surface area contributed by atoms with Crippen LogP contribution in [0.25, 0.3) is 0 Å². The Bertz CT molecular complexity index is 1310. The van der Waals surface area contributed by atoms with Crippen molar-refractivity contribution >= 4 is 27.4 Å². The van der Waals surface area contributed by atoms with Gasteiger partial charge in [-0.25, -0.2) is 13.2 Å². The number of aromatic hydroxyl groups is 1. The fourth-order valence-electron chi connectivity index (χ4n) is 3.59. The number of halogens is 1. The summed E-state index contributed by atoms with van der Waals surface area (Å²) in [5.74, 6) is -2.21. The molecule has 10 heteroatoms. The molecule has 0 aliphatic carbocycles. The first-order chi connectivity index (χ1) is 16.5. The van der Waals surface area contributed by atoms with Crippen LogP contribution >= 0.6 is 11.6 Å². The predicted octanol–water partition coefficient (Wildman–Crippen LogP) is 3.84. The lowest BCUT2D eigenvalue weighted by atomic mass is 10.1. The largest absolute Gasteiger partial charge is 0.507 e. The van der Waals surface area contributed by atoms with E-state index >= 15 is 0 Å². The van der Waals surface area contributed by atoms with Crippen LogP contribution in [-0.4, -0.2) is 49.4 Å². The maximum atomic E-state index is 13.2. The highest BCUT2D eigenvalue weighted by atomic mass is 35.5. The molecule has 3 aromatic rings. The van der Waals surface area contributed by atoms with E-state index in [9.17, 15) is 28.5 Å². The topological polar surface area (TPSA) is 133 Å². The lowest BCUT2D eigenvalue weighted by Crippen LogP contribution is -2.32. The smallest absolute Gasteiger partial charge is 0.339 e. The zero-order chi connectivity index (χ0) is 25.8. The molecule has 0 radical (unpaired) electrons. The molecule has 0 saturated heterocycles. The lowest BCUT2D eigenvalue weighted by Gasteiger charge is -2.18. The molecule has 4 N–H and O–H groups in total. The van der Waals surface area contributed by atoms with E-state index in [1.54, 1.807) is 36.4 Å². The summed E-state index contributed by atoms with van der Waals surface area (Å²) in [5.41, 5.74) is 1.04. The van der Waals surface area contributed by atoms with Crippen LogP contribution in [0.15, 0.2) is 70.5 Å². The molecule has 0 saturated carbocycles. The number of ether oxygens (including phenoxy) is 1. The van der Waals surface area contributed by atoms with Crippen LogP contribution in [0.3, 0.4) is 0 Å². The first-order valence-electron chi connectivity index (χ1n) is 10.7. The number of rotatable bonds is 10. The van der Waals surface area contributed by atoms with E-state index in [0.717, 1.165) is 17.7 Å². The van der Waals surface area contributed by atoms with Gasteiger partial charge < -0.3 is 25.4 Å². The third-order valence-corrected chi connectivity index (χ3v) is 7.50. The maximum absolute atomic E-state index is 13.2. The molecule has 0 spiro atoms. The Labute approximate surface area is 208 Å². The SMILES string of the molecule is COc1cc(O)c(C(=O)O)cc1S(=O)(=O)c1ccc(C[C@@H](C)NC[C@H](O)c2cccc(Cl)c2)cc1. The van der Waals surface area contributed by atoms with E-state index in [2.05, 4.69) is 5.32 Å². The number of aliphatic hydroxyl groups is 1. The van der Waals surface area contributed by atoms with Crippen molar-refractivity contribution in [2.24, 2.45) is 0 Å². The standard InChI is InChI=1S/C25H26ClNO7S/c1-15(27-14-22(29)17-4-3-5-18(26)11-17)10-16-6-8-19(9-7-16)35(32,33)24-12-20(25(30)31)21(28)13-23(24)34-2/h3-9,11-13,15,22,27-29H,10,14H2,1-2H3,(H,30,31)/t15-,22+/m1/s1. The molecule has 0 amide bonds. The third kappa shape index (κ3) is 6.32. The number of carbonyl (C=O) groups is 1. The number of aliphatic hydroxyl groups excluding tert-OH is 1. The number of benzene rings is 3. The number of carboxylic acid groups (broad SMARTS) is 1. The molecule has 8 nitrogen and oxygen atoms in total. The molecular formula is C25H26ClNO7S. The van der Waals surface area contributed by atoms with Crippen LogP contribution in [0.4, 0.5) is 0 Å². The molecule has 35 heavy (non-hydrogen) atoms. The van der Waals surface area contributed by atoms with Crippen LogP contribution in [-0.2, 0) is 16.3 Å². The Balaban J connectivity index is 1.71. The van der Waals surface area contributed by atoms with E-state index in [-0.39, 0.29) is 21.6 Å². The molecule has 0 bridgehead atoms. The van der Waals surface area contributed by atoms with Crippen LogP contribution in [0, 0.1) is 0 Å². The molecule has 0 unspecified atom stereocenters. The van der Waals surface area contributed by atoms with Crippen LogP contribution in [0.2, 0.25) is 5.02 Å². The Kier molecular flexibility index (Phi) is 8.39. The molecule has 0 aromatic heterocycles. The molecule has 0 fully saturated rings. The second-order valence-corrected chi connectivity index (χ2v) is 10.4. The van der Waals surface area contributed by atoms with Crippen molar-refractivity contribution in [3.63, 3.8) is 0 Å². The minimum absolute atomic E-state index is 0.0124. The highest BCUT2D eigenvalue weighted by molar-refractivity contribution is 7.91. The molecular weight excluding hydrogens is 494 g/mol. The quantitative estimate of drug-likeness (QED) is 0.317. The van der Waals surface area contributed by atoms with Crippen molar-refractivity contribution in [1.29, 1.82) is 0 Å². The van der Waals surface area contributed by atoms with Crippen molar-refractivity contribution in [2.45, 2.75) is 35.3 Å². The Morgan fingerprint density at radius 2 is 1.80 bits per heavy atom. The second-order valence-electron chi connectivity index (χ2n) is 8.06. The van der Waals surface area contributed by atoms with Crippen LogP contribution < -0.4 is 10.1 Å². The number of hydrogen-bond donors (Lipinski definition) is 4. The second kappa shape index (κ2) is 11.1. The van der Waals surface area contributed by atoms with Gasteiger partial charge in [0.05, 0.1) is 18.1 Å². The summed E-state index contributed by atoms with van der Waals surface area (Å²) in [6.07, 6.45) is -0.145. The fraction of sp³-hybridized carbons (Fsp3) is 0.240. The maximum Gasteiger partial charge on any atom is 0.339 e. The molecule has 186 valence electrons. The monoisotopic (exact) mass is 519 g/mol. The zero-order valence-electron chi connectivity index (χ0n) is 19.1. The lowest BCUT2D eigenvalue weighted by molar-refractivity contribution is 0.0693. The van der Waals surface area contributed by atoms with Crippen molar-refractivity contribution in [3.05, 3.63) is 82.4 Å². The summed E-state index contributed by atoms with van der Waals surface area (Å²) >= 11 is 5.97. The Morgan fingerprint density at radius 1 is 1.11 bits per heavy atom. The average Bonchev–Trinajstić information content (AvgIpc) is 2.82. The zero-order valence-corrected chi connectivity index (χ0v) is 20.7. The average molecular weight is 520 g/mol. The summed E-state index contributed by atoms with van der Waals surface area (Å²) in [4.78, 5) is 11.0. The molecule has 3 rings (SSSR count). The van der Waals surface area contributed by atoms with Gasteiger partial charge in [-0.15, -0.1) is 0 Å². The summed E-state index contributed by atoms with van der Waals surface area (Å²) in [7, 11) is -2.88. The molecule has 0 heterocycles. The van der Waals surface area contributed by atoms with E-state index in [0.29, 0.717) is 23.6 Å². The highest BCUT2D eigenvalue weighted by Crippen LogP contribution is 2.35. The Morgan fingerprint density at radius 3 is 2.40 bits per heavy atom. The number of sulfone groups is 1. The third-order valence-electron chi connectivity index (χ3n) is 5.47. The normalized spacial score (nSPS) is 13.3. The van der Waals surface area contributed by atoms with Gasteiger partial charge in [0.15, 0.2) is 0 Å². The Hall–Kier alpha value is -3.11. The first kappa shape index (κ1) is 26.5. The van der Waals surface area contributed by atoms with Crippen LogP contribution in [0.5, 0.6) is 11.5 Å². The van der Waals surface area contributed by atoms with Gasteiger partial charge in [-0.1, -0.05) is 35.9 Å². The van der Waals surface area contributed by atoms with Gasteiger partial charge in [0.1, 0.15) is 22.0 Å². The van der Waals surface area contributed by atoms with Gasteiger partial charge >= 0.3 is 5.97 Å². The number of hydrogen-bond acceptors (Lipinski definition) is 7. The van der Waals surface area contributed by atoms with Crippen LogP contribution in [0.1, 0.15) is 34.5 Å². The van der Waals surface area contributed by atoms with E-state index < -0.39 is 33.2 Å². The van der Waals surface area contributed by atoms with Gasteiger partial charge in [-0.3, -0.25) is 0 Å². The van der Waals surface area contributed by atoms with Gasteiger partial charge in [0.2, 0.25) is 9.84 Å². The number of aromatic carboxylic acids is 1. The first-order valence-corrected chi connectivity index (χ1v) is 12.5. The molecule has 2 atom stereocenters. The van der Waals surface area contributed by atoms with Crippen molar-refractivity contribution in [1.82, 2.24) is 5.32 Å². The number of methoxy groups -OCH3 is 1.